The molecule has 0 N–H and O–H groups in total. The summed E-state index contributed by atoms with van der Waals surface area (Å²) in [5, 5.41) is 0.0506. The molecule has 4 aliphatic rings. The standard InChI is InChI=1S/C40H54N2O8Si/c1-24-14-31-33(43)17-27-19-37(36(47-6)21-30(27)39(46)41(31)22-24)49-13-11-9-10-12-48-35-18-26-16-34(44)32-20-28(50-51(7,8)40(3,4)5)23-42(32)38(45)29(26)15-25(35)2/h15,18-19,21,24,28,31-32H,9-14,16-17,20,22-23H2,1-8H3/t24-,28-,31+,32+/m1/s1. The van der Waals surface area contributed by atoms with E-state index in [1.165, 1.54) is 0 Å². The van der Waals surface area contributed by atoms with E-state index in [0.717, 1.165) is 30.4 Å². The van der Waals surface area contributed by atoms with Crippen LogP contribution in [-0.2, 0) is 26.9 Å². The number of rotatable bonds is 11. The van der Waals surface area contributed by atoms with E-state index in [9.17, 15) is 19.2 Å². The molecule has 4 aliphatic heterocycles. The van der Waals surface area contributed by atoms with Crippen molar-refractivity contribution in [1.82, 2.24) is 9.80 Å². The lowest BCUT2D eigenvalue weighted by Gasteiger charge is -2.38. The van der Waals surface area contributed by atoms with Gasteiger partial charge in [-0.05, 0) is 97.6 Å². The molecular weight excluding hydrogens is 665 g/mol. The summed E-state index contributed by atoms with van der Waals surface area (Å²) in [5.74, 6) is 1.94. The highest BCUT2D eigenvalue weighted by molar-refractivity contribution is 6.74. The summed E-state index contributed by atoms with van der Waals surface area (Å²) in [6.07, 6.45) is 3.98. The number of unbranched alkanes of at least 4 members (excludes halogenated alkanes) is 2. The molecule has 0 saturated carbocycles. The number of amides is 2. The second-order valence-corrected chi connectivity index (χ2v) is 21.3. The van der Waals surface area contributed by atoms with E-state index in [2.05, 4.69) is 40.8 Å². The van der Waals surface area contributed by atoms with Gasteiger partial charge in [0.15, 0.2) is 31.4 Å². The van der Waals surface area contributed by atoms with Crippen LogP contribution in [0.3, 0.4) is 0 Å². The predicted molar refractivity (Wildman–Crippen MR) is 197 cm³/mol. The van der Waals surface area contributed by atoms with Crippen LogP contribution in [0.1, 0.15) is 97.2 Å². The lowest BCUT2D eigenvalue weighted by molar-refractivity contribution is -0.122. The van der Waals surface area contributed by atoms with E-state index in [1.807, 2.05) is 19.1 Å². The van der Waals surface area contributed by atoms with Crippen LogP contribution in [0.15, 0.2) is 24.3 Å². The third-order valence-corrected chi connectivity index (χ3v) is 16.1. The summed E-state index contributed by atoms with van der Waals surface area (Å²) in [4.78, 5) is 57.0. The van der Waals surface area contributed by atoms with E-state index < -0.39 is 14.4 Å². The van der Waals surface area contributed by atoms with Crippen LogP contribution in [0.2, 0.25) is 18.1 Å². The van der Waals surface area contributed by atoms with Gasteiger partial charge in [-0.3, -0.25) is 19.2 Å². The minimum Gasteiger partial charge on any atom is -0.493 e. The SMILES string of the molecule is COc1cc2c(cc1OCCCCCOc1cc3c(cc1C)C(=O)N1C[C@H](O[Si](C)(C)C(C)(C)C)C[C@H]1C(=O)C3)CC(=O)[C@@H]1C[C@@H](C)CN1C2=O. The van der Waals surface area contributed by atoms with Crippen LogP contribution in [-0.4, -0.2) is 93.1 Å². The molecule has 2 saturated heterocycles. The Kier molecular flexibility index (Phi) is 10.4. The smallest absolute Gasteiger partial charge is 0.254 e. The molecule has 6 rings (SSSR count). The lowest BCUT2D eigenvalue weighted by atomic mass is 9.98. The molecule has 11 heteroatoms. The Labute approximate surface area is 303 Å². The van der Waals surface area contributed by atoms with Gasteiger partial charge in [-0.15, -0.1) is 0 Å². The zero-order chi connectivity index (χ0) is 36.8. The van der Waals surface area contributed by atoms with Crippen molar-refractivity contribution >= 4 is 31.7 Å². The van der Waals surface area contributed by atoms with Crippen molar-refractivity contribution in [2.45, 2.75) is 116 Å². The Balaban J connectivity index is 1.00. The molecular formula is C40H54N2O8Si. The van der Waals surface area contributed by atoms with E-state index >= 15 is 0 Å². The number of fused-ring (bicyclic) bond motifs is 4. The first-order chi connectivity index (χ1) is 24.1. The Bertz CT molecular complexity index is 1710. The zero-order valence-corrected chi connectivity index (χ0v) is 32.6. The molecule has 0 aromatic heterocycles. The van der Waals surface area contributed by atoms with E-state index in [-0.39, 0.29) is 53.4 Å². The average molecular weight is 719 g/mol. The Morgan fingerprint density at radius 3 is 1.90 bits per heavy atom. The van der Waals surface area contributed by atoms with Crippen LogP contribution in [0.4, 0.5) is 0 Å². The summed E-state index contributed by atoms with van der Waals surface area (Å²) in [6.45, 7) is 17.0. The Morgan fingerprint density at radius 2 is 1.29 bits per heavy atom. The van der Waals surface area contributed by atoms with Gasteiger partial charge in [0.05, 0.1) is 38.5 Å². The Hall–Kier alpha value is -3.70. The topological polar surface area (TPSA) is 112 Å². The summed E-state index contributed by atoms with van der Waals surface area (Å²) < 4.78 is 24.5. The first kappa shape index (κ1) is 37.1. The third-order valence-electron chi connectivity index (χ3n) is 11.6. The number of methoxy groups -OCH3 is 1. The van der Waals surface area contributed by atoms with Crippen LogP contribution in [0.5, 0.6) is 17.2 Å². The van der Waals surface area contributed by atoms with Crippen molar-refractivity contribution in [3.05, 3.63) is 52.1 Å². The van der Waals surface area contributed by atoms with Crippen molar-refractivity contribution in [3.63, 3.8) is 0 Å². The highest BCUT2D eigenvalue weighted by Crippen LogP contribution is 2.41. The average Bonchev–Trinajstić information content (AvgIpc) is 3.63. The molecule has 0 aliphatic carbocycles. The van der Waals surface area contributed by atoms with E-state index in [0.29, 0.717) is 79.0 Å². The second-order valence-electron chi connectivity index (χ2n) is 16.5. The van der Waals surface area contributed by atoms with Crippen LogP contribution >= 0.6 is 0 Å². The monoisotopic (exact) mass is 718 g/mol. The number of nitrogens with zero attached hydrogens (tertiary/aromatic N) is 2. The molecule has 4 heterocycles. The van der Waals surface area contributed by atoms with Gasteiger partial charge in [-0.2, -0.15) is 0 Å². The van der Waals surface area contributed by atoms with Gasteiger partial charge >= 0.3 is 0 Å². The van der Waals surface area contributed by atoms with Crippen molar-refractivity contribution in [3.8, 4) is 17.2 Å². The van der Waals surface area contributed by atoms with Crippen LogP contribution < -0.4 is 14.2 Å². The summed E-state index contributed by atoms with van der Waals surface area (Å²) in [7, 11) is -0.482. The van der Waals surface area contributed by atoms with Gasteiger partial charge < -0.3 is 28.4 Å². The van der Waals surface area contributed by atoms with Crippen LogP contribution in [0.25, 0.3) is 0 Å². The molecule has 4 atom stereocenters. The number of benzene rings is 2. The highest BCUT2D eigenvalue weighted by atomic mass is 28.4. The molecule has 276 valence electrons. The van der Waals surface area contributed by atoms with Gasteiger partial charge in [0.1, 0.15) is 5.75 Å². The molecule has 10 nitrogen and oxygen atoms in total. The summed E-state index contributed by atoms with van der Waals surface area (Å²) >= 11 is 0. The van der Waals surface area contributed by atoms with Crippen molar-refractivity contribution < 1.29 is 37.8 Å². The number of hydrogen-bond acceptors (Lipinski definition) is 8. The zero-order valence-electron chi connectivity index (χ0n) is 31.6. The molecule has 51 heavy (non-hydrogen) atoms. The summed E-state index contributed by atoms with van der Waals surface area (Å²) in [6, 6.07) is 6.45. The van der Waals surface area contributed by atoms with Gasteiger partial charge in [0.2, 0.25) is 0 Å². The molecule has 0 spiro atoms. The van der Waals surface area contributed by atoms with Gasteiger partial charge in [0, 0.05) is 43.5 Å². The van der Waals surface area contributed by atoms with E-state index in [1.54, 1.807) is 29.0 Å². The van der Waals surface area contributed by atoms with Crippen molar-refractivity contribution in [2.75, 3.05) is 33.4 Å². The molecule has 2 aromatic carbocycles. The maximum Gasteiger partial charge on any atom is 0.254 e. The van der Waals surface area contributed by atoms with Crippen LogP contribution in [0, 0.1) is 12.8 Å². The fraction of sp³-hybridized carbons (Fsp3) is 0.600. The highest BCUT2D eigenvalue weighted by Gasteiger charge is 2.47. The summed E-state index contributed by atoms with van der Waals surface area (Å²) in [5.41, 5.74) is 3.38. The van der Waals surface area contributed by atoms with Crippen molar-refractivity contribution in [1.29, 1.82) is 0 Å². The minimum absolute atomic E-state index is 0.0506. The number of carbonyl (C=O) groups is 4. The fourth-order valence-corrected chi connectivity index (χ4v) is 9.06. The quantitative estimate of drug-likeness (QED) is 0.196. The van der Waals surface area contributed by atoms with E-state index in [4.69, 9.17) is 18.6 Å². The number of ketones is 2. The van der Waals surface area contributed by atoms with Crippen molar-refractivity contribution in [2.24, 2.45) is 5.92 Å². The molecule has 2 aromatic rings. The number of hydrogen-bond donors (Lipinski definition) is 0. The Morgan fingerprint density at radius 1 is 0.745 bits per heavy atom. The normalized spacial score (nSPS) is 23.4. The lowest BCUT2D eigenvalue weighted by Crippen LogP contribution is -2.44. The van der Waals surface area contributed by atoms with Gasteiger partial charge in [-0.25, -0.2) is 0 Å². The van der Waals surface area contributed by atoms with Gasteiger partial charge in [0.25, 0.3) is 11.8 Å². The maximum atomic E-state index is 13.7. The minimum atomic E-state index is -2.04. The molecule has 0 bridgehead atoms. The largest absolute Gasteiger partial charge is 0.493 e. The molecule has 0 unspecified atom stereocenters. The number of ether oxygens (including phenoxy) is 3. The molecule has 2 amide bonds. The first-order valence-corrected chi connectivity index (χ1v) is 21.4. The fourth-order valence-electron chi connectivity index (χ4n) is 7.70. The molecule has 0 radical (unpaired) electrons. The number of aryl methyl sites for hydroxylation is 1. The maximum absolute atomic E-state index is 13.7. The van der Waals surface area contributed by atoms with Gasteiger partial charge in [-0.1, -0.05) is 27.7 Å². The second kappa shape index (κ2) is 14.4. The predicted octanol–water partition coefficient (Wildman–Crippen LogP) is 6.34. The molecule has 2 fully saturated rings. The number of carbonyl (C=O) groups excluding carboxylic acids is 4. The third kappa shape index (κ3) is 7.47. The number of Topliss-reactive ketones (excluding diaryl/α,β-unsaturated/α-hetero) is 2. The first-order valence-electron chi connectivity index (χ1n) is 18.5.